The van der Waals surface area contributed by atoms with E-state index in [4.69, 9.17) is 10.00 Å². The van der Waals surface area contributed by atoms with Gasteiger partial charge in [-0.3, -0.25) is 4.90 Å². The molecule has 0 aliphatic heterocycles. The van der Waals surface area contributed by atoms with E-state index in [0.717, 1.165) is 12.8 Å². The summed E-state index contributed by atoms with van der Waals surface area (Å²) in [4.78, 5) is 1.72. The summed E-state index contributed by atoms with van der Waals surface area (Å²) in [5.74, 6) is -1.45. The molecular formula is C12H19F3N2O. The van der Waals surface area contributed by atoms with Gasteiger partial charge in [0.1, 0.15) is 0 Å². The molecule has 2 atom stereocenters. The lowest BCUT2D eigenvalue weighted by molar-refractivity contribution is -0.164. The van der Waals surface area contributed by atoms with Crippen LogP contribution in [-0.2, 0) is 4.74 Å². The summed E-state index contributed by atoms with van der Waals surface area (Å²) in [5.41, 5.74) is 0. The molecular weight excluding hydrogens is 245 g/mol. The van der Waals surface area contributed by atoms with E-state index < -0.39 is 12.1 Å². The summed E-state index contributed by atoms with van der Waals surface area (Å²) in [6, 6.07) is 1.44. The Morgan fingerprint density at radius 2 is 2.06 bits per heavy atom. The summed E-state index contributed by atoms with van der Waals surface area (Å²) >= 11 is 0. The molecule has 104 valence electrons. The predicted octanol–water partition coefficient (Wildman–Crippen LogP) is 2.44. The number of alkyl halides is 3. The maximum atomic E-state index is 12.6. The Hall–Kier alpha value is -0.800. The molecule has 1 aliphatic rings. The lowest BCUT2D eigenvalue weighted by atomic mass is 10.1. The van der Waals surface area contributed by atoms with Crippen molar-refractivity contribution in [3.8, 4) is 6.07 Å². The molecule has 1 aliphatic carbocycles. The first-order chi connectivity index (χ1) is 8.40. The number of nitriles is 1. The van der Waals surface area contributed by atoms with Crippen LogP contribution in [0.4, 0.5) is 13.2 Å². The molecule has 0 heterocycles. The van der Waals surface area contributed by atoms with Crippen LogP contribution in [0.25, 0.3) is 0 Å². The maximum absolute atomic E-state index is 12.6. The molecule has 0 bridgehead atoms. The van der Waals surface area contributed by atoms with E-state index in [1.807, 2.05) is 6.92 Å². The van der Waals surface area contributed by atoms with Crippen LogP contribution in [0.15, 0.2) is 0 Å². The normalized spacial score (nSPS) is 19.6. The van der Waals surface area contributed by atoms with Crippen molar-refractivity contribution < 1.29 is 17.9 Å². The summed E-state index contributed by atoms with van der Waals surface area (Å²) in [6.45, 7) is 2.48. The minimum Gasteiger partial charge on any atom is -0.383 e. The van der Waals surface area contributed by atoms with Crippen molar-refractivity contribution in [3.05, 3.63) is 0 Å². The fraction of sp³-hybridized carbons (Fsp3) is 0.917. The maximum Gasteiger partial charge on any atom is 0.405 e. The van der Waals surface area contributed by atoms with Crippen molar-refractivity contribution in [1.82, 2.24) is 4.90 Å². The van der Waals surface area contributed by atoms with Crippen LogP contribution in [-0.4, -0.2) is 43.9 Å². The highest BCUT2D eigenvalue weighted by molar-refractivity contribution is 4.93. The Morgan fingerprint density at radius 1 is 1.44 bits per heavy atom. The molecule has 6 heteroatoms. The fourth-order valence-corrected chi connectivity index (χ4v) is 2.00. The second-order valence-electron chi connectivity index (χ2n) is 4.79. The van der Waals surface area contributed by atoms with E-state index in [9.17, 15) is 13.2 Å². The number of hydrogen-bond donors (Lipinski definition) is 0. The van der Waals surface area contributed by atoms with Crippen molar-refractivity contribution in [2.24, 2.45) is 11.8 Å². The van der Waals surface area contributed by atoms with Gasteiger partial charge in [-0.15, -0.1) is 0 Å². The third kappa shape index (κ3) is 4.46. The van der Waals surface area contributed by atoms with E-state index in [2.05, 4.69) is 0 Å². The Bertz CT molecular complexity index is 297. The van der Waals surface area contributed by atoms with Gasteiger partial charge in [-0.05, 0) is 25.7 Å². The highest BCUT2D eigenvalue weighted by Gasteiger charge is 2.42. The molecule has 0 amide bonds. The van der Waals surface area contributed by atoms with Crippen molar-refractivity contribution in [2.75, 3.05) is 26.8 Å². The molecule has 0 aromatic carbocycles. The van der Waals surface area contributed by atoms with E-state index in [0.29, 0.717) is 19.1 Å². The zero-order valence-electron chi connectivity index (χ0n) is 10.7. The van der Waals surface area contributed by atoms with E-state index >= 15 is 0 Å². The number of rotatable bonds is 7. The topological polar surface area (TPSA) is 36.3 Å². The highest BCUT2D eigenvalue weighted by Crippen LogP contribution is 2.36. The summed E-state index contributed by atoms with van der Waals surface area (Å²) in [6.07, 6.45) is -2.33. The lowest BCUT2D eigenvalue weighted by Crippen LogP contribution is -2.43. The lowest BCUT2D eigenvalue weighted by Gasteiger charge is -2.31. The minimum absolute atomic E-state index is 0.0818. The zero-order valence-corrected chi connectivity index (χ0v) is 10.7. The third-order valence-electron chi connectivity index (χ3n) is 3.43. The first kappa shape index (κ1) is 15.3. The van der Waals surface area contributed by atoms with Crippen LogP contribution >= 0.6 is 0 Å². The first-order valence-corrected chi connectivity index (χ1v) is 6.09. The second-order valence-corrected chi connectivity index (χ2v) is 4.79. The molecule has 3 nitrogen and oxygen atoms in total. The second kappa shape index (κ2) is 6.39. The van der Waals surface area contributed by atoms with Crippen LogP contribution in [0.2, 0.25) is 0 Å². The molecule has 18 heavy (non-hydrogen) atoms. The van der Waals surface area contributed by atoms with Crippen molar-refractivity contribution >= 4 is 0 Å². The number of nitrogens with zero attached hydrogens (tertiary/aromatic N) is 2. The standard InChI is InChI=1S/C12H19F3N2O/c1-9(10-3-4-10)17(5-6-18-2)8-11(7-16)12(13,14)15/h9-11H,3-6,8H2,1-2H3. The zero-order chi connectivity index (χ0) is 13.8. The molecule has 0 aromatic heterocycles. The van der Waals surface area contributed by atoms with Gasteiger partial charge in [0.2, 0.25) is 0 Å². The highest BCUT2D eigenvalue weighted by atomic mass is 19.4. The molecule has 2 unspecified atom stereocenters. The van der Waals surface area contributed by atoms with E-state index in [1.165, 1.54) is 13.2 Å². The first-order valence-electron chi connectivity index (χ1n) is 6.09. The third-order valence-corrected chi connectivity index (χ3v) is 3.43. The fourth-order valence-electron chi connectivity index (χ4n) is 2.00. The van der Waals surface area contributed by atoms with Gasteiger partial charge in [0.05, 0.1) is 12.7 Å². The quantitative estimate of drug-likeness (QED) is 0.708. The molecule has 0 saturated heterocycles. The van der Waals surface area contributed by atoms with Gasteiger partial charge in [0.15, 0.2) is 5.92 Å². The Kier molecular flexibility index (Phi) is 5.42. The average Bonchev–Trinajstić information content (AvgIpc) is 3.10. The van der Waals surface area contributed by atoms with Gasteiger partial charge < -0.3 is 4.74 Å². The van der Waals surface area contributed by atoms with Crippen LogP contribution < -0.4 is 0 Å². The molecule has 1 saturated carbocycles. The van der Waals surface area contributed by atoms with Gasteiger partial charge in [-0.25, -0.2) is 0 Å². The predicted molar refractivity (Wildman–Crippen MR) is 60.8 cm³/mol. The van der Waals surface area contributed by atoms with E-state index in [-0.39, 0.29) is 12.6 Å². The largest absolute Gasteiger partial charge is 0.405 e. The summed E-state index contributed by atoms with van der Waals surface area (Å²) in [7, 11) is 1.52. The molecule has 0 N–H and O–H groups in total. The summed E-state index contributed by atoms with van der Waals surface area (Å²) in [5, 5.41) is 8.64. The van der Waals surface area contributed by atoms with Gasteiger partial charge in [0, 0.05) is 26.2 Å². The van der Waals surface area contributed by atoms with Gasteiger partial charge in [-0.1, -0.05) is 0 Å². The Morgan fingerprint density at radius 3 is 2.44 bits per heavy atom. The Balaban J connectivity index is 2.61. The van der Waals surface area contributed by atoms with Crippen molar-refractivity contribution in [2.45, 2.75) is 32.0 Å². The monoisotopic (exact) mass is 264 g/mol. The minimum atomic E-state index is -4.46. The van der Waals surface area contributed by atoms with Crippen LogP contribution in [0.5, 0.6) is 0 Å². The van der Waals surface area contributed by atoms with Gasteiger partial charge in [-0.2, -0.15) is 18.4 Å². The van der Waals surface area contributed by atoms with Crippen LogP contribution in [0.1, 0.15) is 19.8 Å². The molecule has 0 radical (unpaired) electrons. The van der Waals surface area contributed by atoms with Crippen molar-refractivity contribution in [3.63, 3.8) is 0 Å². The average molecular weight is 264 g/mol. The van der Waals surface area contributed by atoms with Crippen LogP contribution in [0, 0.1) is 23.2 Å². The van der Waals surface area contributed by atoms with Gasteiger partial charge >= 0.3 is 6.18 Å². The molecule has 1 fully saturated rings. The number of ether oxygens (including phenoxy) is 1. The number of methoxy groups -OCH3 is 1. The number of halogens is 3. The van der Waals surface area contributed by atoms with E-state index in [1.54, 1.807) is 4.90 Å². The molecule has 0 spiro atoms. The SMILES string of the molecule is COCCN(CC(C#N)C(F)(F)F)C(C)C1CC1. The smallest absolute Gasteiger partial charge is 0.383 e. The van der Waals surface area contributed by atoms with Crippen molar-refractivity contribution in [1.29, 1.82) is 5.26 Å². The Labute approximate surface area is 106 Å². The number of hydrogen-bond acceptors (Lipinski definition) is 3. The molecule has 0 aromatic rings. The summed E-state index contributed by atoms with van der Waals surface area (Å²) < 4.78 is 42.7. The van der Waals surface area contributed by atoms with Gasteiger partial charge in [0.25, 0.3) is 0 Å². The van der Waals surface area contributed by atoms with Crippen LogP contribution in [0.3, 0.4) is 0 Å². The molecule has 1 rings (SSSR count).